The Morgan fingerprint density at radius 2 is 1.98 bits per heavy atom. The zero-order valence-corrected chi connectivity index (χ0v) is 23.8. The highest BCUT2D eigenvalue weighted by atomic mass is 19.1. The van der Waals surface area contributed by atoms with Crippen molar-refractivity contribution < 1.29 is 19.0 Å². The monoisotopic (exact) mass is 556 g/mol. The molecule has 1 aliphatic rings. The first kappa shape index (κ1) is 32.9. The average molecular weight is 557 g/mol. The molecule has 1 fully saturated rings. The summed E-state index contributed by atoms with van der Waals surface area (Å²) < 4.78 is 18.0. The van der Waals surface area contributed by atoms with Gasteiger partial charge in [-0.2, -0.15) is 0 Å². The summed E-state index contributed by atoms with van der Waals surface area (Å²) in [5.41, 5.74) is 8.73. The summed E-state index contributed by atoms with van der Waals surface area (Å²) in [4.78, 5) is 22.6. The van der Waals surface area contributed by atoms with Crippen LogP contribution in [0.3, 0.4) is 0 Å². The van der Waals surface area contributed by atoms with Crippen molar-refractivity contribution in [3.05, 3.63) is 76.0 Å². The second-order valence-corrected chi connectivity index (χ2v) is 10.1. The third kappa shape index (κ3) is 12.7. The number of nitrogens with one attached hydrogen (secondary N) is 2. The minimum absolute atomic E-state index is 0.103. The number of ether oxygens (including phenoxy) is 1. The van der Waals surface area contributed by atoms with E-state index in [9.17, 15) is 19.2 Å². The lowest BCUT2D eigenvalue weighted by molar-refractivity contribution is -0.120. The molecular formula is C31H45FN4O4. The number of benzene rings is 2. The van der Waals surface area contributed by atoms with Gasteiger partial charge in [0, 0.05) is 19.0 Å². The van der Waals surface area contributed by atoms with Crippen molar-refractivity contribution in [2.75, 3.05) is 26.4 Å². The predicted molar refractivity (Wildman–Crippen MR) is 158 cm³/mol. The van der Waals surface area contributed by atoms with E-state index in [1.165, 1.54) is 12.1 Å². The molecule has 0 aliphatic heterocycles. The summed E-state index contributed by atoms with van der Waals surface area (Å²) in [5.74, 6) is 0.805. The van der Waals surface area contributed by atoms with Crippen molar-refractivity contribution in [2.45, 2.75) is 71.3 Å². The maximum absolute atomic E-state index is 12.2. The van der Waals surface area contributed by atoms with E-state index in [1.807, 2.05) is 19.1 Å². The van der Waals surface area contributed by atoms with Gasteiger partial charge in [-0.05, 0) is 86.0 Å². The second kappa shape index (κ2) is 18.9. The van der Waals surface area contributed by atoms with E-state index >= 15 is 0 Å². The number of phenolic OH excluding ortho intramolecular Hbond substituents is 1. The van der Waals surface area contributed by atoms with Crippen molar-refractivity contribution in [3.63, 3.8) is 0 Å². The van der Waals surface area contributed by atoms with Crippen LogP contribution in [0.25, 0.3) is 0 Å². The van der Waals surface area contributed by atoms with Gasteiger partial charge in [0.1, 0.15) is 12.4 Å². The first-order valence-electron chi connectivity index (χ1n) is 14.2. The number of nitroso groups, excluding NO2 is 1. The van der Waals surface area contributed by atoms with Crippen LogP contribution in [0, 0.1) is 23.6 Å². The third-order valence-corrected chi connectivity index (χ3v) is 6.61. The van der Waals surface area contributed by atoms with Crippen LogP contribution in [0.4, 0.5) is 4.39 Å². The minimum atomic E-state index is -0.205. The van der Waals surface area contributed by atoms with E-state index in [2.05, 4.69) is 28.8 Å². The second-order valence-electron chi connectivity index (χ2n) is 10.1. The lowest BCUT2D eigenvalue weighted by Crippen LogP contribution is -2.37. The van der Waals surface area contributed by atoms with Crippen molar-refractivity contribution in [2.24, 2.45) is 16.8 Å². The van der Waals surface area contributed by atoms with Gasteiger partial charge in [-0.25, -0.2) is 4.39 Å². The Balaban J connectivity index is 0.000000598. The van der Waals surface area contributed by atoms with Gasteiger partial charge in [0.05, 0.1) is 0 Å². The summed E-state index contributed by atoms with van der Waals surface area (Å²) in [5, 5.41) is 19.0. The number of aromatic hydroxyl groups is 1. The largest absolute Gasteiger partial charge is 0.504 e. The fourth-order valence-corrected chi connectivity index (χ4v) is 4.33. The Kier molecular flexibility index (Phi) is 15.5. The highest BCUT2D eigenvalue weighted by Crippen LogP contribution is 2.37. The van der Waals surface area contributed by atoms with Gasteiger partial charge in [-0.3, -0.25) is 4.79 Å². The number of hydrogen-bond acceptors (Lipinski definition) is 7. The molecule has 2 aromatic carbocycles. The first-order chi connectivity index (χ1) is 19.4. The zero-order valence-electron chi connectivity index (χ0n) is 23.8. The number of aryl methyl sites for hydroxylation is 2. The van der Waals surface area contributed by atoms with Gasteiger partial charge in [-0.1, -0.05) is 55.7 Å². The standard InChI is InChI=1S/C24H38N4O4.C7H7F/c1-2-3-4-7-20(16-22(30)27-17-28-31)23(18-11-12-18)26-14-15-32-24-19(9-6-13-25)8-5-10-21(24)29;1-6-2-4-7(8)5-3-6/h5,7-8,10,18,23,26,29H,2-4,6,9,11-17,25H2,1H3,(H,27,30);2-5H,1H3/b20-7-;. The van der Waals surface area contributed by atoms with E-state index in [4.69, 9.17) is 10.5 Å². The molecule has 0 bridgehead atoms. The van der Waals surface area contributed by atoms with Crippen LogP contribution in [0.1, 0.15) is 63.0 Å². The van der Waals surface area contributed by atoms with Gasteiger partial charge in [0.25, 0.3) is 0 Å². The average Bonchev–Trinajstić information content (AvgIpc) is 3.79. The van der Waals surface area contributed by atoms with Crippen LogP contribution in [0.15, 0.2) is 59.3 Å². The highest BCUT2D eigenvalue weighted by molar-refractivity contribution is 5.78. The van der Waals surface area contributed by atoms with Gasteiger partial charge in [-0.15, -0.1) is 4.91 Å². The number of halogens is 1. The molecule has 5 N–H and O–H groups in total. The van der Waals surface area contributed by atoms with Crippen LogP contribution in [-0.2, 0) is 11.2 Å². The topological polar surface area (TPSA) is 126 Å². The number of phenols is 1. The van der Waals surface area contributed by atoms with E-state index < -0.39 is 0 Å². The Hall–Kier alpha value is -3.30. The first-order valence-corrected chi connectivity index (χ1v) is 14.2. The number of amides is 1. The van der Waals surface area contributed by atoms with Crippen LogP contribution < -0.4 is 21.1 Å². The molecule has 0 radical (unpaired) electrons. The number of rotatable bonds is 17. The van der Waals surface area contributed by atoms with Gasteiger partial charge in [0.2, 0.25) is 5.91 Å². The molecule has 0 aromatic heterocycles. The number of para-hydroxylation sites is 1. The molecule has 1 atom stereocenters. The molecule has 1 saturated carbocycles. The van der Waals surface area contributed by atoms with E-state index in [-0.39, 0.29) is 36.6 Å². The van der Waals surface area contributed by atoms with Gasteiger partial charge >= 0.3 is 0 Å². The van der Waals surface area contributed by atoms with Crippen molar-refractivity contribution >= 4 is 5.91 Å². The number of hydrogen-bond donors (Lipinski definition) is 4. The zero-order chi connectivity index (χ0) is 29.2. The van der Waals surface area contributed by atoms with Crippen LogP contribution >= 0.6 is 0 Å². The van der Waals surface area contributed by atoms with E-state index in [0.29, 0.717) is 31.4 Å². The van der Waals surface area contributed by atoms with Crippen molar-refractivity contribution in [1.82, 2.24) is 10.6 Å². The number of carbonyl (C=O) groups excluding carboxylic acids is 1. The Morgan fingerprint density at radius 3 is 2.60 bits per heavy atom. The Labute approximate surface area is 237 Å². The molecule has 0 heterocycles. The Morgan fingerprint density at radius 1 is 1.23 bits per heavy atom. The SMILES string of the molecule is CCCC/C=C(/CC(=O)NCN=O)C(NCCOc1c(O)cccc1CCCN)C1CC1.Cc1ccc(F)cc1. The summed E-state index contributed by atoms with van der Waals surface area (Å²) in [7, 11) is 0. The smallest absolute Gasteiger partial charge is 0.225 e. The van der Waals surface area contributed by atoms with E-state index in [1.54, 1.807) is 18.2 Å². The molecule has 40 heavy (non-hydrogen) atoms. The van der Waals surface area contributed by atoms with Gasteiger partial charge in [0.15, 0.2) is 18.2 Å². The molecule has 2 aromatic rings. The molecule has 9 heteroatoms. The van der Waals surface area contributed by atoms with Crippen molar-refractivity contribution in [1.29, 1.82) is 0 Å². The molecular weight excluding hydrogens is 511 g/mol. The molecule has 1 aliphatic carbocycles. The molecule has 3 rings (SSSR count). The summed E-state index contributed by atoms with van der Waals surface area (Å²) in [6.45, 7) is 5.45. The summed E-state index contributed by atoms with van der Waals surface area (Å²) >= 11 is 0. The number of unbranched alkanes of at least 4 members (excludes halogenated alkanes) is 2. The number of carbonyl (C=O) groups is 1. The Bertz CT molecular complexity index is 1040. The van der Waals surface area contributed by atoms with Gasteiger partial charge < -0.3 is 26.2 Å². The molecule has 1 unspecified atom stereocenters. The third-order valence-electron chi connectivity index (χ3n) is 6.61. The van der Waals surface area contributed by atoms with Crippen LogP contribution in [0.2, 0.25) is 0 Å². The lowest BCUT2D eigenvalue weighted by Gasteiger charge is -2.22. The fourth-order valence-electron chi connectivity index (χ4n) is 4.33. The maximum atomic E-state index is 12.2. The molecule has 1 amide bonds. The minimum Gasteiger partial charge on any atom is -0.504 e. The number of nitrogens with zero attached hydrogens (tertiary/aromatic N) is 1. The predicted octanol–water partition coefficient (Wildman–Crippen LogP) is 5.51. The summed E-state index contributed by atoms with van der Waals surface area (Å²) in [6, 6.07) is 11.9. The highest BCUT2D eigenvalue weighted by Gasteiger charge is 2.33. The molecule has 0 saturated heterocycles. The number of nitrogens with two attached hydrogens (primary N) is 1. The quantitative estimate of drug-likeness (QED) is 0.116. The summed E-state index contributed by atoms with van der Waals surface area (Å²) in [6.07, 6.45) is 9.36. The molecule has 220 valence electrons. The van der Waals surface area contributed by atoms with Crippen molar-refractivity contribution in [3.8, 4) is 11.5 Å². The van der Waals surface area contributed by atoms with E-state index in [0.717, 1.165) is 61.6 Å². The van der Waals surface area contributed by atoms with Crippen LogP contribution in [-0.4, -0.2) is 43.4 Å². The fraction of sp³-hybridized carbons (Fsp3) is 0.516. The molecule has 0 spiro atoms. The normalized spacial score (nSPS) is 13.7. The number of allylic oxidation sites excluding steroid dienone is 1. The lowest BCUT2D eigenvalue weighted by atomic mass is 9.97. The maximum Gasteiger partial charge on any atom is 0.225 e. The van der Waals surface area contributed by atoms with Crippen LogP contribution in [0.5, 0.6) is 11.5 Å². The molecule has 8 nitrogen and oxygen atoms in total.